The van der Waals surface area contributed by atoms with Gasteiger partial charge in [-0.2, -0.15) is 18.3 Å². The average molecular weight is 499 g/mol. The Kier molecular flexibility index (Phi) is 6.09. The predicted octanol–water partition coefficient (Wildman–Crippen LogP) is 4.22. The summed E-state index contributed by atoms with van der Waals surface area (Å²) in [4.78, 5) is 18.4. The highest BCUT2D eigenvalue weighted by atomic mass is 19.4. The molecule has 36 heavy (non-hydrogen) atoms. The fourth-order valence-corrected chi connectivity index (χ4v) is 4.41. The Labute approximate surface area is 203 Å². The number of fused-ring (bicyclic) bond motifs is 1. The number of halogens is 4. The van der Waals surface area contributed by atoms with Crippen LogP contribution in [0, 0.1) is 5.82 Å². The van der Waals surface area contributed by atoms with Crippen LogP contribution >= 0.6 is 0 Å². The first-order chi connectivity index (χ1) is 17.2. The Bertz CT molecular complexity index is 1420. The second-order valence-electron chi connectivity index (χ2n) is 8.48. The zero-order chi connectivity index (χ0) is 25.4. The van der Waals surface area contributed by atoms with E-state index < -0.39 is 29.0 Å². The van der Waals surface area contributed by atoms with E-state index in [4.69, 9.17) is 10.5 Å². The van der Waals surface area contributed by atoms with E-state index in [1.165, 1.54) is 17.0 Å². The molecule has 4 aromatic rings. The number of nitrogen functional groups attached to an aromatic ring is 1. The maximum atomic E-state index is 14.8. The summed E-state index contributed by atoms with van der Waals surface area (Å²) >= 11 is 0. The lowest BCUT2D eigenvalue weighted by Crippen LogP contribution is -2.46. The number of morpholine rings is 1. The van der Waals surface area contributed by atoms with Crippen molar-refractivity contribution in [3.63, 3.8) is 0 Å². The normalized spacial score (nSPS) is 16.4. The van der Waals surface area contributed by atoms with Gasteiger partial charge in [0.05, 0.1) is 29.5 Å². The molecule has 5 rings (SSSR count). The second kappa shape index (κ2) is 9.23. The molecular weight excluding hydrogens is 478 g/mol. The second-order valence-corrected chi connectivity index (χ2v) is 8.48. The molecule has 11 heteroatoms. The summed E-state index contributed by atoms with van der Waals surface area (Å²) in [6.45, 7) is 0.816. The number of carbonyl (C=O) groups is 1. The lowest BCUT2D eigenvalue weighted by molar-refractivity contribution is -0.136. The van der Waals surface area contributed by atoms with E-state index in [0.717, 1.165) is 28.5 Å². The summed E-state index contributed by atoms with van der Waals surface area (Å²) in [6.07, 6.45) is -3.37. The van der Waals surface area contributed by atoms with E-state index in [9.17, 15) is 22.4 Å². The molecule has 0 saturated carbocycles. The minimum Gasteiger partial charge on any atom is -0.382 e. The monoisotopic (exact) mass is 499 g/mol. The molecule has 0 spiro atoms. The van der Waals surface area contributed by atoms with E-state index in [1.807, 2.05) is 30.3 Å². The van der Waals surface area contributed by atoms with Crippen LogP contribution in [0.25, 0.3) is 16.8 Å². The van der Waals surface area contributed by atoms with Crippen molar-refractivity contribution >= 4 is 17.2 Å². The number of anilines is 1. The van der Waals surface area contributed by atoms with Crippen molar-refractivity contribution in [1.82, 2.24) is 19.5 Å². The van der Waals surface area contributed by atoms with Crippen LogP contribution < -0.4 is 5.73 Å². The first kappa shape index (κ1) is 23.7. The number of alkyl halides is 3. The molecule has 186 valence electrons. The number of carbonyl (C=O) groups excluding carboxylic acids is 1. The van der Waals surface area contributed by atoms with Gasteiger partial charge in [0.25, 0.3) is 5.91 Å². The van der Waals surface area contributed by atoms with Crippen molar-refractivity contribution < 1.29 is 27.1 Å². The van der Waals surface area contributed by atoms with Gasteiger partial charge in [-0.3, -0.25) is 4.79 Å². The van der Waals surface area contributed by atoms with Gasteiger partial charge in [-0.1, -0.05) is 30.3 Å². The van der Waals surface area contributed by atoms with E-state index >= 15 is 0 Å². The van der Waals surface area contributed by atoms with Crippen LogP contribution in [0.5, 0.6) is 0 Å². The fourth-order valence-electron chi connectivity index (χ4n) is 4.41. The van der Waals surface area contributed by atoms with Gasteiger partial charge >= 0.3 is 6.18 Å². The summed E-state index contributed by atoms with van der Waals surface area (Å²) in [5.74, 6) is -1.69. The predicted molar refractivity (Wildman–Crippen MR) is 124 cm³/mol. The van der Waals surface area contributed by atoms with Crippen molar-refractivity contribution in [2.75, 3.05) is 25.4 Å². The molecule has 0 radical (unpaired) electrons. The van der Waals surface area contributed by atoms with Crippen LogP contribution in [0.4, 0.5) is 23.4 Å². The van der Waals surface area contributed by atoms with E-state index in [0.29, 0.717) is 13.0 Å². The summed E-state index contributed by atoms with van der Waals surface area (Å²) < 4.78 is 62.6. The van der Waals surface area contributed by atoms with Crippen molar-refractivity contribution in [1.29, 1.82) is 0 Å². The Morgan fingerprint density at radius 3 is 2.67 bits per heavy atom. The summed E-state index contributed by atoms with van der Waals surface area (Å²) in [7, 11) is 0. The Morgan fingerprint density at radius 2 is 1.92 bits per heavy atom. The summed E-state index contributed by atoms with van der Waals surface area (Å²) in [6, 6.07) is 14.1. The average Bonchev–Trinajstić information content (AvgIpc) is 3.27. The van der Waals surface area contributed by atoms with Gasteiger partial charge in [0.1, 0.15) is 17.7 Å². The highest BCUT2D eigenvalue weighted by molar-refractivity contribution is 5.96. The number of benzene rings is 2. The molecule has 7 nitrogen and oxygen atoms in total. The zero-order valence-electron chi connectivity index (χ0n) is 18.9. The Morgan fingerprint density at radius 1 is 1.14 bits per heavy atom. The molecule has 1 aliphatic rings. The molecule has 1 amide bonds. The minimum atomic E-state index is -4.72. The van der Waals surface area contributed by atoms with Crippen LogP contribution in [0.3, 0.4) is 0 Å². The molecular formula is C25H21F4N5O2. The lowest BCUT2D eigenvalue weighted by Gasteiger charge is -2.33. The summed E-state index contributed by atoms with van der Waals surface area (Å²) in [5.41, 5.74) is 5.26. The van der Waals surface area contributed by atoms with Crippen molar-refractivity contribution in [2.24, 2.45) is 0 Å². The smallest absolute Gasteiger partial charge is 0.382 e. The van der Waals surface area contributed by atoms with Gasteiger partial charge in [-0.15, -0.1) is 0 Å². The topological polar surface area (TPSA) is 85.8 Å². The van der Waals surface area contributed by atoms with Gasteiger partial charge in [-0.25, -0.2) is 13.9 Å². The molecule has 1 saturated heterocycles. The highest BCUT2D eigenvalue weighted by Gasteiger charge is 2.37. The molecule has 3 heterocycles. The Hall–Kier alpha value is -3.99. The maximum Gasteiger partial charge on any atom is 0.418 e. The molecule has 2 N–H and O–H groups in total. The lowest BCUT2D eigenvalue weighted by atomic mass is 10.0. The third kappa shape index (κ3) is 4.49. The van der Waals surface area contributed by atoms with E-state index in [1.54, 1.807) is 0 Å². The van der Waals surface area contributed by atoms with Gasteiger partial charge in [0.15, 0.2) is 5.82 Å². The molecule has 0 bridgehead atoms. The van der Waals surface area contributed by atoms with Crippen molar-refractivity contribution in [3.05, 3.63) is 83.4 Å². The van der Waals surface area contributed by atoms with Gasteiger partial charge in [-0.05, 0) is 29.8 Å². The van der Waals surface area contributed by atoms with E-state index in [-0.39, 0.29) is 41.8 Å². The molecule has 2 aromatic heterocycles. The number of amides is 1. The van der Waals surface area contributed by atoms with Crippen LogP contribution in [-0.4, -0.2) is 51.2 Å². The van der Waals surface area contributed by atoms with Crippen LogP contribution in [0.15, 0.2) is 60.9 Å². The quantitative estimate of drug-likeness (QED) is 0.425. The number of aromatic nitrogens is 3. The van der Waals surface area contributed by atoms with Crippen LogP contribution in [-0.2, 0) is 17.3 Å². The minimum absolute atomic E-state index is 0.00408. The number of nitrogens with zero attached hydrogens (tertiary/aromatic N) is 4. The highest BCUT2D eigenvalue weighted by Crippen LogP contribution is 2.38. The maximum absolute atomic E-state index is 14.8. The fraction of sp³-hybridized carbons (Fsp3) is 0.240. The first-order valence-electron chi connectivity index (χ1n) is 11.2. The van der Waals surface area contributed by atoms with Gasteiger partial charge < -0.3 is 15.4 Å². The largest absolute Gasteiger partial charge is 0.418 e. The third-order valence-corrected chi connectivity index (χ3v) is 6.11. The van der Waals surface area contributed by atoms with Crippen molar-refractivity contribution in [2.45, 2.75) is 18.7 Å². The zero-order valence-corrected chi connectivity index (χ0v) is 18.9. The van der Waals surface area contributed by atoms with Gasteiger partial charge in [0, 0.05) is 25.1 Å². The van der Waals surface area contributed by atoms with Crippen LogP contribution in [0.1, 0.15) is 21.5 Å². The molecule has 1 unspecified atom stereocenters. The van der Waals surface area contributed by atoms with Crippen molar-refractivity contribution in [3.8, 4) is 11.3 Å². The number of hydrogen-bond acceptors (Lipinski definition) is 5. The van der Waals surface area contributed by atoms with E-state index in [2.05, 4.69) is 10.1 Å². The molecule has 1 atom stereocenters. The number of rotatable bonds is 4. The standard InChI is InChI=1S/C25H21F4N5O2/c26-20-7-6-16(21-12-19(25(27,28)29)22-23(30)31-14-32-34(21)22)11-18(20)24(35)33-8-9-36-17(13-33)10-15-4-2-1-3-5-15/h1-7,11-12,14,17H,8-10,13H2,(H2,30,31,32). The van der Waals surface area contributed by atoms with Crippen LogP contribution in [0.2, 0.25) is 0 Å². The SMILES string of the molecule is Nc1ncnn2c(-c3ccc(F)c(C(=O)N4CCOC(Cc5ccccc5)C4)c3)cc(C(F)(F)F)c12. The first-order valence-corrected chi connectivity index (χ1v) is 11.2. The molecule has 1 fully saturated rings. The Balaban J connectivity index is 1.47. The molecule has 2 aromatic carbocycles. The number of ether oxygens (including phenoxy) is 1. The van der Waals surface area contributed by atoms with Gasteiger partial charge in [0.2, 0.25) is 0 Å². The number of nitrogens with two attached hydrogens (primary N) is 1. The molecule has 1 aliphatic heterocycles. The molecule has 0 aliphatic carbocycles. The third-order valence-electron chi connectivity index (χ3n) is 6.11. The number of hydrogen-bond donors (Lipinski definition) is 1. The summed E-state index contributed by atoms with van der Waals surface area (Å²) in [5, 5.41) is 3.91.